The Hall–Kier alpha value is -1.84. The van der Waals surface area contributed by atoms with Crippen LogP contribution in [-0.4, -0.2) is 18.1 Å². The number of fused-ring (bicyclic) bond motifs is 1. The summed E-state index contributed by atoms with van der Waals surface area (Å²) in [4.78, 5) is 15.5. The van der Waals surface area contributed by atoms with E-state index < -0.39 is 0 Å². The highest BCUT2D eigenvalue weighted by molar-refractivity contribution is 5.93. The zero-order valence-corrected chi connectivity index (χ0v) is 8.61. The molecule has 1 aromatic carbocycles. The number of rotatable bonds is 2. The molecule has 1 aromatic heterocycles. The molecule has 0 aliphatic rings. The lowest BCUT2D eigenvalue weighted by Crippen LogP contribution is -2.00. The standard InChI is InChI=1S/C11H11NO3/c1-3-10-12-8-6-7(11(13)14-2)4-5-9(8)15-10/h4-6H,3H2,1-2H3. The molecule has 2 rings (SSSR count). The number of oxazole rings is 1. The van der Waals surface area contributed by atoms with Crippen LogP contribution in [0.2, 0.25) is 0 Å². The molecule has 0 bridgehead atoms. The molecule has 0 aliphatic carbocycles. The van der Waals surface area contributed by atoms with Gasteiger partial charge in [-0.2, -0.15) is 0 Å². The van der Waals surface area contributed by atoms with E-state index in [-0.39, 0.29) is 5.97 Å². The zero-order valence-electron chi connectivity index (χ0n) is 8.61. The summed E-state index contributed by atoms with van der Waals surface area (Å²) < 4.78 is 10.0. The molecule has 2 aromatic rings. The average molecular weight is 205 g/mol. The SMILES string of the molecule is CCc1nc2cc(C(=O)OC)ccc2o1. The van der Waals surface area contributed by atoms with Crippen molar-refractivity contribution in [1.29, 1.82) is 0 Å². The van der Waals surface area contributed by atoms with Crippen molar-refractivity contribution in [2.75, 3.05) is 7.11 Å². The van der Waals surface area contributed by atoms with Gasteiger partial charge in [-0.3, -0.25) is 0 Å². The van der Waals surface area contributed by atoms with Gasteiger partial charge in [-0.25, -0.2) is 9.78 Å². The topological polar surface area (TPSA) is 52.3 Å². The van der Waals surface area contributed by atoms with Crippen molar-refractivity contribution in [3.05, 3.63) is 29.7 Å². The van der Waals surface area contributed by atoms with E-state index in [1.165, 1.54) is 7.11 Å². The average Bonchev–Trinajstić information content (AvgIpc) is 2.69. The molecule has 0 atom stereocenters. The first-order valence-electron chi connectivity index (χ1n) is 4.72. The number of hydrogen-bond acceptors (Lipinski definition) is 4. The van der Waals surface area contributed by atoms with E-state index in [0.29, 0.717) is 22.6 Å². The number of hydrogen-bond donors (Lipinski definition) is 0. The third kappa shape index (κ3) is 1.70. The van der Waals surface area contributed by atoms with Crippen molar-refractivity contribution < 1.29 is 13.9 Å². The Morgan fingerprint density at radius 1 is 1.53 bits per heavy atom. The minimum absolute atomic E-state index is 0.363. The van der Waals surface area contributed by atoms with Crippen LogP contribution < -0.4 is 0 Å². The molecule has 4 nitrogen and oxygen atoms in total. The molecule has 1 heterocycles. The second kappa shape index (κ2) is 3.73. The highest BCUT2D eigenvalue weighted by atomic mass is 16.5. The second-order valence-electron chi connectivity index (χ2n) is 3.14. The monoisotopic (exact) mass is 205 g/mol. The van der Waals surface area contributed by atoms with E-state index in [9.17, 15) is 4.79 Å². The summed E-state index contributed by atoms with van der Waals surface area (Å²) >= 11 is 0. The third-order valence-electron chi connectivity index (χ3n) is 2.16. The minimum atomic E-state index is -0.363. The van der Waals surface area contributed by atoms with Crippen LogP contribution in [0.1, 0.15) is 23.2 Å². The summed E-state index contributed by atoms with van der Waals surface area (Å²) in [5, 5.41) is 0. The molecule has 0 amide bonds. The van der Waals surface area contributed by atoms with Crippen LogP contribution in [0.15, 0.2) is 22.6 Å². The lowest BCUT2D eigenvalue weighted by atomic mass is 10.2. The van der Waals surface area contributed by atoms with Crippen molar-refractivity contribution in [3.8, 4) is 0 Å². The van der Waals surface area contributed by atoms with Crippen LogP contribution in [-0.2, 0) is 11.2 Å². The molecule has 15 heavy (non-hydrogen) atoms. The number of carbonyl (C=O) groups is 1. The molecule has 0 N–H and O–H groups in total. The van der Waals surface area contributed by atoms with E-state index >= 15 is 0 Å². The maximum atomic E-state index is 11.3. The van der Waals surface area contributed by atoms with Gasteiger partial charge in [0.1, 0.15) is 5.52 Å². The first-order valence-corrected chi connectivity index (χ1v) is 4.72. The van der Waals surface area contributed by atoms with Crippen molar-refractivity contribution >= 4 is 17.1 Å². The zero-order chi connectivity index (χ0) is 10.8. The smallest absolute Gasteiger partial charge is 0.337 e. The van der Waals surface area contributed by atoms with Crippen molar-refractivity contribution in [1.82, 2.24) is 4.98 Å². The maximum absolute atomic E-state index is 11.3. The Kier molecular flexibility index (Phi) is 2.41. The number of carbonyl (C=O) groups excluding carboxylic acids is 1. The Balaban J connectivity index is 2.50. The van der Waals surface area contributed by atoms with Gasteiger partial charge in [0, 0.05) is 6.42 Å². The molecule has 0 aliphatic heterocycles. The molecule has 78 valence electrons. The molecule has 0 saturated heterocycles. The number of methoxy groups -OCH3 is 1. The quantitative estimate of drug-likeness (QED) is 0.705. The molecular weight excluding hydrogens is 194 g/mol. The summed E-state index contributed by atoms with van der Waals surface area (Å²) in [6.45, 7) is 1.96. The van der Waals surface area contributed by atoms with Gasteiger partial charge in [0.05, 0.1) is 12.7 Å². The molecule has 0 unspecified atom stereocenters. The van der Waals surface area contributed by atoms with Crippen LogP contribution in [0.3, 0.4) is 0 Å². The van der Waals surface area contributed by atoms with E-state index in [0.717, 1.165) is 6.42 Å². The molecular formula is C11H11NO3. The van der Waals surface area contributed by atoms with E-state index in [4.69, 9.17) is 4.42 Å². The maximum Gasteiger partial charge on any atom is 0.337 e. The number of ether oxygens (including phenoxy) is 1. The van der Waals surface area contributed by atoms with Gasteiger partial charge in [0.2, 0.25) is 0 Å². The first kappa shape index (κ1) is 9.71. The first-order chi connectivity index (χ1) is 7.24. The lowest BCUT2D eigenvalue weighted by molar-refractivity contribution is 0.0601. The van der Waals surface area contributed by atoms with Crippen LogP contribution in [0.5, 0.6) is 0 Å². The normalized spacial score (nSPS) is 10.5. The van der Waals surface area contributed by atoms with Gasteiger partial charge in [-0.1, -0.05) is 6.92 Å². The van der Waals surface area contributed by atoms with Crippen molar-refractivity contribution in [2.24, 2.45) is 0 Å². The van der Waals surface area contributed by atoms with E-state index in [1.54, 1.807) is 18.2 Å². The van der Waals surface area contributed by atoms with Crippen molar-refractivity contribution in [2.45, 2.75) is 13.3 Å². The van der Waals surface area contributed by atoms with Gasteiger partial charge < -0.3 is 9.15 Å². The minimum Gasteiger partial charge on any atom is -0.465 e. The van der Waals surface area contributed by atoms with Gasteiger partial charge >= 0.3 is 5.97 Å². The summed E-state index contributed by atoms with van der Waals surface area (Å²) in [7, 11) is 1.35. The fraction of sp³-hybridized carbons (Fsp3) is 0.273. The molecule has 0 spiro atoms. The number of nitrogens with zero attached hydrogens (tertiary/aromatic N) is 1. The Morgan fingerprint density at radius 2 is 2.33 bits per heavy atom. The number of aromatic nitrogens is 1. The summed E-state index contributed by atoms with van der Waals surface area (Å²) in [6.07, 6.45) is 0.738. The predicted octanol–water partition coefficient (Wildman–Crippen LogP) is 2.18. The summed E-state index contributed by atoms with van der Waals surface area (Å²) in [5.41, 5.74) is 1.87. The Morgan fingerprint density at radius 3 is 3.00 bits per heavy atom. The van der Waals surface area contributed by atoms with Crippen LogP contribution >= 0.6 is 0 Å². The van der Waals surface area contributed by atoms with Crippen LogP contribution in [0, 0.1) is 0 Å². The number of aryl methyl sites for hydroxylation is 1. The van der Waals surface area contributed by atoms with E-state index in [1.807, 2.05) is 6.92 Å². The molecule has 4 heteroatoms. The van der Waals surface area contributed by atoms with Gasteiger partial charge in [-0.05, 0) is 18.2 Å². The third-order valence-corrected chi connectivity index (χ3v) is 2.16. The van der Waals surface area contributed by atoms with E-state index in [2.05, 4.69) is 9.72 Å². The molecule has 0 radical (unpaired) electrons. The largest absolute Gasteiger partial charge is 0.465 e. The molecule has 0 saturated carbocycles. The summed E-state index contributed by atoms with van der Waals surface area (Å²) in [5.74, 6) is 0.310. The highest BCUT2D eigenvalue weighted by Crippen LogP contribution is 2.17. The Bertz CT molecular complexity index is 502. The highest BCUT2D eigenvalue weighted by Gasteiger charge is 2.09. The summed E-state index contributed by atoms with van der Waals surface area (Å²) in [6, 6.07) is 5.07. The predicted molar refractivity (Wildman–Crippen MR) is 54.7 cm³/mol. The number of benzene rings is 1. The van der Waals surface area contributed by atoms with Crippen LogP contribution in [0.4, 0.5) is 0 Å². The lowest BCUT2D eigenvalue weighted by Gasteiger charge is -1.96. The van der Waals surface area contributed by atoms with Gasteiger partial charge in [0.25, 0.3) is 0 Å². The van der Waals surface area contributed by atoms with Crippen molar-refractivity contribution in [3.63, 3.8) is 0 Å². The Labute approximate surface area is 86.9 Å². The second-order valence-corrected chi connectivity index (χ2v) is 3.14. The molecule has 0 fully saturated rings. The number of esters is 1. The van der Waals surface area contributed by atoms with Crippen LogP contribution in [0.25, 0.3) is 11.1 Å². The van der Waals surface area contributed by atoms with Gasteiger partial charge in [-0.15, -0.1) is 0 Å². The van der Waals surface area contributed by atoms with Gasteiger partial charge in [0.15, 0.2) is 11.5 Å². The fourth-order valence-corrected chi connectivity index (χ4v) is 1.37. The fourth-order valence-electron chi connectivity index (χ4n) is 1.37.